The molecule has 0 bridgehead atoms. The lowest BCUT2D eigenvalue weighted by Crippen LogP contribution is -2.17. The van der Waals surface area contributed by atoms with Crippen molar-refractivity contribution in [3.8, 4) is 5.75 Å². The second-order valence-corrected chi connectivity index (χ2v) is 6.99. The molecule has 0 aliphatic rings. The molecule has 1 heterocycles. The van der Waals surface area contributed by atoms with Crippen LogP contribution in [0.25, 0.3) is 0 Å². The van der Waals surface area contributed by atoms with Crippen LogP contribution in [0.4, 0.5) is 0 Å². The van der Waals surface area contributed by atoms with Crippen LogP contribution in [0.15, 0.2) is 38.6 Å². The highest BCUT2D eigenvalue weighted by molar-refractivity contribution is 9.10. The highest BCUT2D eigenvalue weighted by Crippen LogP contribution is 2.28. The molecule has 0 aliphatic carbocycles. The first-order valence-electron chi connectivity index (χ1n) is 5.90. The van der Waals surface area contributed by atoms with Gasteiger partial charge in [0.15, 0.2) is 0 Å². The van der Waals surface area contributed by atoms with E-state index in [1.54, 1.807) is 18.4 Å². The average molecular weight is 405 g/mol. The number of benzene rings is 1. The lowest BCUT2D eigenvalue weighted by molar-refractivity contribution is 0.411. The molecule has 0 aliphatic heterocycles. The lowest BCUT2D eigenvalue weighted by Gasteiger charge is -2.15. The van der Waals surface area contributed by atoms with Crippen LogP contribution in [0.1, 0.15) is 23.4 Å². The van der Waals surface area contributed by atoms with Gasteiger partial charge < -0.3 is 10.1 Å². The molecule has 2 nitrogen and oxygen atoms in total. The van der Waals surface area contributed by atoms with Gasteiger partial charge in [-0.15, -0.1) is 11.3 Å². The number of hydrogen-bond acceptors (Lipinski definition) is 3. The van der Waals surface area contributed by atoms with Gasteiger partial charge in [-0.05, 0) is 62.5 Å². The van der Waals surface area contributed by atoms with Crippen LogP contribution >= 0.6 is 43.2 Å². The van der Waals surface area contributed by atoms with Crippen molar-refractivity contribution in [3.63, 3.8) is 0 Å². The number of nitrogens with one attached hydrogen (secondary N) is 1. The zero-order chi connectivity index (χ0) is 13.8. The van der Waals surface area contributed by atoms with Crippen molar-refractivity contribution in [2.24, 2.45) is 0 Å². The van der Waals surface area contributed by atoms with Crippen molar-refractivity contribution in [2.75, 3.05) is 7.11 Å². The van der Waals surface area contributed by atoms with Crippen molar-refractivity contribution in [3.05, 3.63) is 49.0 Å². The van der Waals surface area contributed by atoms with E-state index in [1.165, 1.54) is 10.4 Å². The van der Waals surface area contributed by atoms with Crippen LogP contribution in [0, 0.1) is 0 Å². The fourth-order valence-electron chi connectivity index (χ4n) is 1.77. The Morgan fingerprint density at radius 3 is 2.68 bits per heavy atom. The van der Waals surface area contributed by atoms with Gasteiger partial charge in [0.1, 0.15) is 5.75 Å². The first kappa shape index (κ1) is 15.0. The van der Waals surface area contributed by atoms with Gasteiger partial charge >= 0.3 is 0 Å². The fourth-order valence-corrected chi connectivity index (χ4v) is 3.73. The number of ether oxygens (including phenoxy) is 1. The highest BCUT2D eigenvalue weighted by atomic mass is 79.9. The number of hydrogen-bond donors (Lipinski definition) is 1. The molecule has 0 saturated carbocycles. The first-order valence-corrected chi connectivity index (χ1v) is 8.36. The molecule has 1 unspecified atom stereocenters. The Labute approximate surface area is 134 Å². The summed E-state index contributed by atoms with van der Waals surface area (Å²) in [6.45, 7) is 3.04. The van der Waals surface area contributed by atoms with E-state index in [-0.39, 0.29) is 0 Å². The molecule has 102 valence electrons. The summed E-state index contributed by atoms with van der Waals surface area (Å²) in [5.74, 6) is 0.859. The third kappa shape index (κ3) is 4.05. The maximum absolute atomic E-state index is 5.24. The zero-order valence-corrected chi connectivity index (χ0v) is 14.7. The molecule has 0 saturated heterocycles. The molecule has 1 aromatic carbocycles. The molecule has 0 spiro atoms. The largest absolute Gasteiger partial charge is 0.496 e. The third-order valence-electron chi connectivity index (χ3n) is 2.88. The Morgan fingerprint density at radius 1 is 1.32 bits per heavy atom. The second-order valence-electron chi connectivity index (χ2n) is 4.23. The standard InChI is InChI=1S/C14H15Br2NOS/c1-9(17-7-12-6-11(15)8-19-12)10-3-4-14(18-2)13(16)5-10/h3-6,8-9,17H,7H2,1-2H3. The minimum absolute atomic E-state index is 0.295. The van der Waals surface area contributed by atoms with Gasteiger partial charge in [-0.25, -0.2) is 0 Å². The summed E-state index contributed by atoms with van der Waals surface area (Å²) >= 11 is 8.75. The van der Waals surface area contributed by atoms with Gasteiger partial charge in [0.25, 0.3) is 0 Å². The first-order chi connectivity index (χ1) is 9.10. The maximum Gasteiger partial charge on any atom is 0.133 e. The van der Waals surface area contributed by atoms with Crippen LogP contribution < -0.4 is 10.1 Å². The number of halogens is 2. The van der Waals surface area contributed by atoms with Crippen molar-refractivity contribution < 1.29 is 4.74 Å². The van der Waals surface area contributed by atoms with Crippen molar-refractivity contribution >= 4 is 43.2 Å². The average Bonchev–Trinajstić information content (AvgIpc) is 2.81. The topological polar surface area (TPSA) is 21.3 Å². The summed E-state index contributed by atoms with van der Waals surface area (Å²) in [6, 6.07) is 8.61. The molecule has 19 heavy (non-hydrogen) atoms. The smallest absolute Gasteiger partial charge is 0.133 e. The SMILES string of the molecule is COc1ccc(C(C)NCc2cc(Br)cs2)cc1Br. The van der Waals surface area contributed by atoms with Gasteiger partial charge in [0, 0.05) is 27.3 Å². The summed E-state index contributed by atoms with van der Waals surface area (Å²) in [4.78, 5) is 1.33. The summed E-state index contributed by atoms with van der Waals surface area (Å²) in [6.07, 6.45) is 0. The summed E-state index contributed by atoms with van der Waals surface area (Å²) < 4.78 is 7.37. The molecule has 0 radical (unpaired) electrons. The molecular formula is C14H15Br2NOS. The van der Waals surface area contributed by atoms with Gasteiger partial charge in [-0.2, -0.15) is 0 Å². The molecule has 2 rings (SSSR count). The van der Waals surface area contributed by atoms with E-state index in [2.05, 4.69) is 67.7 Å². The van der Waals surface area contributed by atoms with Crippen LogP contribution in [0.3, 0.4) is 0 Å². The van der Waals surface area contributed by atoms with E-state index in [0.29, 0.717) is 6.04 Å². The van der Waals surface area contributed by atoms with Crippen molar-refractivity contribution in [1.82, 2.24) is 5.32 Å². The Hall–Kier alpha value is -0.360. The summed E-state index contributed by atoms with van der Waals surface area (Å²) in [5.41, 5.74) is 1.24. The molecule has 2 aromatic rings. The van der Waals surface area contributed by atoms with E-state index >= 15 is 0 Å². The molecule has 1 atom stereocenters. The predicted octanol–water partition coefficient (Wildman–Crippen LogP) is 5.13. The summed E-state index contributed by atoms with van der Waals surface area (Å²) in [5, 5.41) is 5.62. The monoisotopic (exact) mass is 403 g/mol. The van der Waals surface area contributed by atoms with Gasteiger partial charge in [0.2, 0.25) is 0 Å². The molecule has 5 heteroatoms. The third-order valence-corrected chi connectivity index (χ3v) is 5.20. The highest BCUT2D eigenvalue weighted by Gasteiger charge is 2.08. The van der Waals surface area contributed by atoms with Gasteiger partial charge in [-0.3, -0.25) is 0 Å². The summed E-state index contributed by atoms with van der Waals surface area (Å²) in [7, 11) is 1.68. The predicted molar refractivity (Wildman–Crippen MR) is 88.0 cm³/mol. The molecule has 1 N–H and O–H groups in total. The number of thiophene rings is 1. The fraction of sp³-hybridized carbons (Fsp3) is 0.286. The Morgan fingerprint density at radius 2 is 2.11 bits per heavy atom. The minimum Gasteiger partial charge on any atom is -0.496 e. The maximum atomic E-state index is 5.24. The molecular weight excluding hydrogens is 390 g/mol. The molecule has 0 fully saturated rings. The molecule has 1 aromatic heterocycles. The minimum atomic E-state index is 0.295. The Bertz CT molecular complexity index is 556. The quantitative estimate of drug-likeness (QED) is 0.745. The normalized spacial score (nSPS) is 12.4. The van der Waals surface area contributed by atoms with E-state index in [0.717, 1.165) is 21.2 Å². The second kappa shape index (κ2) is 6.88. The van der Waals surface area contributed by atoms with Crippen molar-refractivity contribution in [2.45, 2.75) is 19.5 Å². The zero-order valence-electron chi connectivity index (χ0n) is 10.7. The van der Waals surface area contributed by atoms with E-state index in [1.807, 2.05) is 6.07 Å². The van der Waals surface area contributed by atoms with Gasteiger partial charge in [0.05, 0.1) is 11.6 Å². The number of rotatable bonds is 5. The van der Waals surface area contributed by atoms with Crippen LogP contribution in [-0.4, -0.2) is 7.11 Å². The number of methoxy groups -OCH3 is 1. The van der Waals surface area contributed by atoms with Crippen LogP contribution in [0.5, 0.6) is 5.75 Å². The van der Waals surface area contributed by atoms with Crippen LogP contribution in [-0.2, 0) is 6.54 Å². The Kier molecular flexibility index (Phi) is 5.45. The van der Waals surface area contributed by atoms with Crippen molar-refractivity contribution in [1.29, 1.82) is 0 Å². The van der Waals surface area contributed by atoms with E-state index in [9.17, 15) is 0 Å². The Balaban J connectivity index is 1.99. The van der Waals surface area contributed by atoms with E-state index in [4.69, 9.17) is 4.74 Å². The van der Waals surface area contributed by atoms with Gasteiger partial charge in [-0.1, -0.05) is 6.07 Å². The van der Waals surface area contributed by atoms with E-state index < -0.39 is 0 Å². The lowest BCUT2D eigenvalue weighted by atomic mass is 10.1. The molecule has 0 amide bonds. The van der Waals surface area contributed by atoms with Crippen LogP contribution in [0.2, 0.25) is 0 Å².